The number of rotatable bonds is 7. The smallest absolute Gasteiger partial charge is 0.0622 e. The van der Waals surface area contributed by atoms with Crippen LogP contribution in [0.2, 0.25) is 0 Å². The van der Waals surface area contributed by atoms with Crippen molar-refractivity contribution in [2.24, 2.45) is 11.3 Å². The predicted octanol–water partition coefficient (Wildman–Crippen LogP) is 2.37. The number of hydrogen-bond acceptors (Lipinski definition) is 3. The molecule has 1 aliphatic rings. The lowest BCUT2D eigenvalue weighted by molar-refractivity contribution is -0.0237. The molecule has 3 nitrogen and oxygen atoms in total. The predicted molar refractivity (Wildman–Crippen MR) is 78.0 cm³/mol. The quantitative estimate of drug-likeness (QED) is 0.757. The van der Waals surface area contributed by atoms with Crippen molar-refractivity contribution in [1.29, 1.82) is 0 Å². The Kier molecular flexibility index (Phi) is 6.61. The fourth-order valence-electron chi connectivity index (χ4n) is 2.58. The molecule has 1 atom stereocenters. The first-order valence-corrected chi connectivity index (χ1v) is 7.47. The van der Waals surface area contributed by atoms with Crippen LogP contribution in [0.15, 0.2) is 0 Å². The Balaban J connectivity index is 2.37. The van der Waals surface area contributed by atoms with Crippen LogP contribution >= 0.6 is 0 Å². The van der Waals surface area contributed by atoms with E-state index in [1.807, 2.05) is 0 Å². The van der Waals surface area contributed by atoms with E-state index in [4.69, 9.17) is 4.74 Å². The van der Waals surface area contributed by atoms with Crippen molar-refractivity contribution in [3.05, 3.63) is 0 Å². The summed E-state index contributed by atoms with van der Waals surface area (Å²) in [6.45, 7) is 17.8. The second kappa shape index (κ2) is 7.46. The molecule has 1 aliphatic heterocycles. The molecule has 108 valence electrons. The minimum Gasteiger partial charge on any atom is -0.378 e. The zero-order valence-electron chi connectivity index (χ0n) is 13.0. The van der Waals surface area contributed by atoms with Gasteiger partial charge in [0.15, 0.2) is 0 Å². The third-order valence-electron chi connectivity index (χ3n) is 3.61. The Morgan fingerprint density at radius 1 is 1.39 bits per heavy atom. The minimum atomic E-state index is 0.333. The SMILES string of the molecule is CCC1COCCN1CC(C)(C)CNCC(C)C. The maximum Gasteiger partial charge on any atom is 0.0622 e. The third kappa shape index (κ3) is 5.68. The largest absolute Gasteiger partial charge is 0.378 e. The summed E-state index contributed by atoms with van der Waals surface area (Å²) in [6, 6.07) is 0.614. The molecule has 3 heteroatoms. The maximum absolute atomic E-state index is 5.57. The van der Waals surface area contributed by atoms with Crippen LogP contribution in [-0.2, 0) is 4.74 Å². The number of morpholine rings is 1. The number of nitrogens with one attached hydrogen (secondary N) is 1. The van der Waals surface area contributed by atoms with E-state index in [2.05, 4.69) is 44.8 Å². The molecule has 0 aromatic carbocycles. The van der Waals surface area contributed by atoms with Gasteiger partial charge in [-0.15, -0.1) is 0 Å². The zero-order chi connectivity index (χ0) is 13.6. The van der Waals surface area contributed by atoms with Gasteiger partial charge < -0.3 is 10.1 Å². The van der Waals surface area contributed by atoms with Crippen LogP contribution in [0.5, 0.6) is 0 Å². The topological polar surface area (TPSA) is 24.5 Å². The van der Waals surface area contributed by atoms with Crippen LogP contribution in [-0.4, -0.2) is 50.3 Å². The summed E-state index contributed by atoms with van der Waals surface area (Å²) in [5, 5.41) is 3.59. The molecule has 1 N–H and O–H groups in total. The van der Waals surface area contributed by atoms with Crippen molar-refractivity contribution in [2.45, 2.75) is 47.1 Å². The molecule has 0 saturated carbocycles. The minimum absolute atomic E-state index is 0.333. The highest BCUT2D eigenvalue weighted by Gasteiger charge is 2.27. The molecule has 1 unspecified atom stereocenters. The summed E-state index contributed by atoms with van der Waals surface area (Å²) < 4.78 is 5.57. The summed E-state index contributed by atoms with van der Waals surface area (Å²) in [5.41, 5.74) is 0.333. The van der Waals surface area contributed by atoms with Crippen LogP contribution in [0, 0.1) is 11.3 Å². The van der Waals surface area contributed by atoms with Crippen LogP contribution in [0.3, 0.4) is 0 Å². The van der Waals surface area contributed by atoms with Crippen LogP contribution in [0.1, 0.15) is 41.0 Å². The van der Waals surface area contributed by atoms with Gasteiger partial charge in [-0.1, -0.05) is 34.6 Å². The second-order valence-corrected chi connectivity index (χ2v) is 6.80. The molecular formula is C15H32N2O. The summed E-state index contributed by atoms with van der Waals surface area (Å²) in [5.74, 6) is 0.729. The van der Waals surface area contributed by atoms with Crippen molar-refractivity contribution in [1.82, 2.24) is 10.2 Å². The van der Waals surface area contributed by atoms with E-state index in [-0.39, 0.29) is 0 Å². The lowest BCUT2D eigenvalue weighted by Crippen LogP contribution is -2.50. The Hall–Kier alpha value is -0.120. The lowest BCUT2D eigenvalue weighted by Gasteiger charge is -2.40. The monoisotopic (exact) mass is 256 g/mol. The Morgan fingerprint density at radius 3 is 2.72 bits per heavy atom. The molecular weight excluding hydrogens is 224 g/mol. The van der Waals surface area contributed by atoms with E-state index in [0.717, 1.165) is 38.8 Å². The highest BCUT2D eigenvalue weighted by molar-refractivity contribution is 4.82. The molecule has 0 bridgehead atoms. The van der Waals surface area contributed by atoms with Gasteiger partial charge in [0.25, 0.3) is 0 Å². The summed E-state index contributed by atoms with van der Waals surface area (Å²) in [4.78, 5) is 2.61. The second-order valence-electron chi connectivity index (χ2n) is 6.80. The first kappa shape index (κ1) is 15.9. The fourth-order valence-corrected chi connectivity index (χ4v) is 2.58. The van der Waals surface area contributed by atoms with Crippen LogP contribution < -0.4 is 5.32 Å². The lowest BCUT2D eigenvalue weighted by atomic mass is 9.91. The average molecular weight is 256 g/mol. The van der Waals surface area contributed by atoms with Crippen molar-refractivity contribution < 1.29 is 4.74 Å². The maximum atomic E-state index is 5.57. The van der Waals surface area contributed by atoms with Crippen molar-refractivity contribution in [3.8, 4) is 0 Å². The third-order valence-corrected chi connectivity index (χ3v) is 3.61. The van der Waals surface area contributed by atoms with Gasteiger partial charge in [-0.3, -0.25) is 4.90 Å². The first-order valence-electron chi connectivity index (χ1n) is 7.47. The first-order chi connectivity index (χ1) is 8.44. The molecule has 1 saturated heterocycles. The molecule has 1 heterocycles. The van der Waals surface area contributed by atoms with Crippen molar-refractivity contribution in [2.75, 3.05) is 39.4 Å². The van der Waals surface area contributed by atoms with Crippen molar-refractivity contribution in [3.63, 3.8) is 0 Å². The summed E-state index contributed by atoms with van der Waals surface area (Å²) >= 11 is 0. The van der Waals surface area contributed by atoms with E-state index in [0.29, 0.717) is 11.5 Å². The van der Waals surface area contributed by atoms with Gasteiger partial charge in [-0.25, -0.2) is 0 Å². The molecule has 0 radical (unpaired) electrons. The van der Waals surface area contributed by atoms with Gasteiger partial charge in [0.2, 0.25) is 0 Å². The number of nitrogens with zero attached hydrogens (tertiary/aromatic N) is 1. The Bertz CT molecular complexity index is 229. The molecule has 0 aliphatic carbocycles. The Labute approximate surface area is 113 Å². The highest BCUT2D eigenvalue weighted by Crippen LogP contribution is 2.20. The van der Waals surface area contributed by atoms with E-state index >= 15 is 0 Å². The molecule has 0 spiro atoms. The van der Waals surface area contributed by atoms with Crippen molar-refractivity contribution >= 4 is 0 Å². The standard InChI is InChI=1S/C15H32N2O/c1-6-14-10-18-8-7-17(14)12-15(4,5)11-16-9-13(2)3/h13-14,16H,6-12H2,1-5H3. The van der Waals surface area contributed by atoms with Crippen LogP contribution in [0.25, 0.3) is 0 Å². The average Bonchev–Trinajstić information content (AvgIpc) is 2.28. The molecule has 1 rings (SSSR count). The van der Waals surface area contributed by atoms with Gasteiger partial charge in [-0.2, -0.15) is 0 Å². The Morgan fingerprint density at radius 2 is 2.11 bits per heavy atom. The molecule has 0 aromatic heterocycles. The van der Waals surface area contributed by atoms with Gasteiger partial charge in [-0.05, 0) is 24.3 Å². The summed E-state index contributed by atoms with van der Waals surface area (Å²) in [7, 11) is 0. The highest BCUT2D eigenvalue weighted by atomic mass is 16.5. The van der Waals surface area contributed by atoms with Gasteiger partial charge in [0, 0.05) is 25.7 Å². The van der Waals surface area contributed by atoms with E-state index in [1.165, 1.54) is 13.0 Å². The number of ether oxygens (including phenoxy) is 1. The molecule has 1 fully saturated rings. The molecule has 18 heavy (non-hydrogen) atoms. The van der Waals surface area contributed by atoms with E-state index < -0.39 is 0 Å². The van der Waals surface area contributed by atoms with Crippen LogP contribution in [0.4, 0.5) is 0 Å². The normalized spacial score (nSPS) is 22.7. The summed E-state index contributed by atoms with van der Waals surface area (Å²) in [6.07, 6.45) is 1.19. The molecule has 0 amide bonds. The van der Waals surface area contributed by atoms with Gasteiger partial charge in [0.05, 0.1) is 13.2 Å². The fraction of sp³-hybridized carbons (Fsp3) is 1.00. The zero-order valence-corrected chi connectivity index (χ0v) is 13.0. The van der Waals surface area contributed by atoms with E-state index in [1.54, 1.807) is 0 Å². The molecule has 0 aromatic rings. The number of hydrogen-bond donors (Lipinski definition) is 1. The van der Waals surface area contributed by atoms with E-state index in [9.17, 15) is 0 Å². The van der Waals surface area contributed by atoms with Gasteiger partial charge in [0.1, 0.15) is 0 Å². The van der Waals surface area contributed by atoms with Gasteiger partial charge >= 0.3 is 0 Å².